The Labute approximate surface area is 135 Å². The minimum absolute atomic E-state index is 0.0136. The molecule has 1 heterocycles. The minimum atomic E-state index is 0.0136. The molecule has 2 amide bonds. The lowest BCUT2D eigenvalue weighted by Crippen LogP contribution is -2.34. The second-order valence-corrected chi connectivity index (χ2v) is 7.25. The van der Waals surface area contributed by atoms with Crippen LogP contribution < -0.4 is 0 Å². The summed E-state index contributed by atoms with van der Waals surface area (Å²) in [4.78, 5) is 27.1. The third kappa shape index (κ3) is 3.80. The molecule has 2 rings (SSSR count). The highest BCUT2D eigenvalue weighted by atomic mass is 16.2. The summed E-state index contributed by atoms with van der Waals surface area (Å²) in [5.41, 5.74) is 1.72. The SMILES string of the molecule is CCC1CCCCCCCC2=C1C(=O)N(CCC(C)C)C2=O. The van der Waals surface area contributed by atoms with Crippen molar-refractivity contribution in [3.05, 3.63) is 11.1 Å². The van der Waals surface area contributed by atoms with Crippen LogP contribution >= 0.6 is 0 Å². The zero-order chi connectivity index (χ0) is 16.1. The lowest BCUT2D eigenvalue weighted by Gasteiger charge is -2.19. The molecule has 22 heavy (non-hydrogen) atoms. The Morgan fingerprint density at radius 2 is 1.73 bits per heavy atom. The van der Waals surface area contributed by atoms with Crippen molar-refractivity contribution >= 4 is 11.8 Å². The summed E-state index contributed by atoms with van der Waals surface area (Å²) in [5, 5.41) is 0. The molecular formula is C19H31NO2. The van der Waals surface area contributed by atoms with Crippen molar-refractivity contribution < 1.29 is 9.59 Å². The molecule has 0 fully saturated rings. The topological polar surface area (TPSA) is 37.4 Å². The second kappa shape index (κ2) is 7.94. The third-order valence-corrected chi connectivity index (χ3v) is 5.11. The van der Waals surface area contributed by atoms with Crippen molar-refractivity contribution in [2.75, 3.05) is 6.54 Å². The molecule has 0 aromatic heterocycles. The highest BCUT2D eigenvalue weighted by Crippen LogP contribution is 2.35. The fraction of sp³-hybridized carbons (Fsp3) is 0.789. The second-order valence-electron chi connectivity index (χ2n) is 7.25. The molecule has 1 atom stereocenters. The molecule has 0 aromatic rings. The molecule has 0 saturated heterocycles. The molecule has 0 spiro atoms. The van der Waals surface area contributed by atoms with Crippen molar-refractivity contribution in [2.45, 2.75) is 78.6 Å². The largest absolute Gasteiger partial charge is 0.275 e. The normalized spacial score (nSPS) is 24.2. The van der Waals surface area contributed by atoms with E-state index in [-0.39, 0.29) is 17.7 Å². The number of nitrogens with zero attached hydrogens (tertiary/aromatic N) is 1. The molecule has 0 N–H and O–H groups in total. The van der Waals surface area contributed by atoms with Gasteiger partial charge in [0, 0.05) is 17.7 Å². The van der Waals surface area contributed by atoms with E-state index in [1.165, 1.54) is 30.6 Å². The van der Waals surface area contributed by atoms with E-state index in [0.29, 0.717) is 12.5 Å². The lowest BCUT2D eigenvalue weighted by atomic mass is 9.85. The van der Waals surface area contributed by atoms with Gasteiger partial charge in [0.15, 0.2) is 0 Å². The van der Waals surface area contributed by atoms with Gasteiger partial charge in [-0.1, -0.05) is 46.5 Å². The predicted octanol–water partition coefficient (Wildman–Crippen LogP) is 4.47. The quantitative estimate of drug-likeness (QED) is 0.719. The van der Waals surface area contributed by atoms with Gasteiger partial charge in [-0.25, -0.2) is 0 Å². The zero-order valence-corrected chi connectivity index (χ0v) is 14.5. The molecule has 0 bridgehead atoms. The van der Waals surface area contributed by atoms with E-state index in [9.17, 15) is 9.59 Å². The van der Waals surface area contributed by atoms with Gasteiger partial charge < -0.3 is 0 Å². The Morgan fingerprint density at radius 1 is 1.05 bits per heavy atom. The summed E-state index contributed by atoms with van der Waals surface area (Å²) in [6.45, 7) is 7.00. The van der Waals surface area contributed by atoms with Gasteiger partial charge in [-0.3, -0.25) is 14.5 Å². The van der Waals surface area contributed by atoms with Crippen LogP contribution in [-0.4, -0.2) is 23.3 Å². The highest BCUT2D eigenvalue weighted by Gasteiger charge is 2.40. The molecule has 0 saturated carbocycles. The molecule has 1 aliphatic heterocycles. The van der Waals surface area contributed by atoms with Crippen molar-refractivity contribution in [3.8, 4) is 0 Å². The lowest BCUT2D eigenvalue weighted by molar-refractivity contribution is -0.138. The molecule has 2 aliphatic rings. The molecule has 0 aromatic carbocycles. The first-order chi connectivity index (χ1) is 10.6. The zero-order valence-electron chi connectivity index (χ0n) is 14.5. The monoisotopic (exact) mass is 305 g/mol. The standard InChI is InChI=1S/C19H31NO2/c1-4-15-10-8-6-5-7-9-11-16-17(15)19(22)20(18(16)21)13-12-14(2)3/h14-15H,4-13H2,1-3H3. The Bertz CT molecular complexity index is 450. The number of amides is 2. The van der Waals surface area contributed by atoms with Crippen LogP contribution in [0.5, 0.6) is 0 Å². The van der Waals surface area contributed by atoms with E-state index in [1.54, 1.807) is 0 Å². The van der Waals surface area contributed by atoms with Gasteiger partial charge in [0.2, 0.25) is 0 Å². The molecular weight excluding hydrogens is 274 g/mol. The third-order valence-electron chi connectivity index (χ3n) is 5.11. The van der Waals surface area contributed by atoms with E-state index in [0.717, 1.165) is 43.3 Å². The van der Waals surface area contributed by atoms with Crippen LogP contribution in [0.15, 0.2) is 11.1 Å². The maximum absolute atomic E-state index is 12.8. The Balaban J connectivity index is 2.23. The van der Waals surface area contributed by atoms with Crippen LogP contribution in [0.4, 0.5) is 0 Å². The van der Waals surface area contributed by atoms with E-state index in [2.05, 4.69) is 20.8 Å². The van der Waals surface area contributed by atoms with E-state index < -0.39 is 0 Å². The van der Waals surface area contributed by atoms with Gasteiger partial charge in [-0.2, -0.15) is 0 Å². The first kappa shape index (κ1) is 17.2. The van der Waals surface area contributed by atoms with Gasteiger partial charge in [0.25, 0.3) is 11.8 Å². The average molecular weight is 305 g/mol. The number of carbonyl (C=O) groups is 2. The van der Waals surface area contributed by atoms with Crippen molar-refractivity contribution in [3.63, 3.8) is 0 Å². The number of rotatable bonds is 4. The minimum Gasteiger partial charge on any atom is -0.275 e. The Morgan fingerprint density at radius 3 is 2.41 bits per heavy atom. The molecule has 3 nitrogen and oxygen atoms in total. The summed E-state index contributed by atoms with van der Waals surface area (Å²) < 4.78 is 0. The maximum Gasteiger partial charge on any atom is 0.257 e. The van der Waals surface area contributed by atoms with Crippen LogP contribution in [0, 0.1) is 11.8 Å². The Kier molecular flexibility index (Phi) is 6.22. The predicted molar refractivity (Wildman–Crippen MR) is 89.3 cm³/mol. The average Bonchev–Trinajstić information content (AvgIpc) is 2.72. The van der Waals surface area contributed by atoms with Crippen LogP contribution in [-0.2, 0) is 9.59 Å². The van der Waals surface area contributed by atoms with Gasteiger partial charge in [0.1, 0.15) is 0 Å². The summed E-state index contributed by atoms with van der Waals surface area (Å²) in [7, 11) is 0. The molecule has 1 aliphatic carbocycles. The number of hydrogen-bond acceptors (Lipinski definition) is 2. The van der Waals surface area contributed by atoms with Crippen molar-refractivity contribution in [2.24, 2.45) is 11.8 Å². The van der Waals surface area contributed by atoms with Crippen LogP contribution in [0.2, 0.25) is 0 Å². The van der Waals surface area contributed by atoms with Gasteiger partial charge >= 0.3 is 0 Å². The van der Waals surface area contributed by atoms with E-state index >= 15 is 0 Å². The number of hydrogen-bond donors (Lipinski definition) is 0. The maximum atomic E-state index is 12.8. The van der Waals surface area contributed by atoms with Gasteiger partial charge in [-0.15, -0.1) is 0 Å². The van der Waals surface area contributed by atoms with E-state index in [4.69, 9.17) is 0 Å². The smallest absolute Gasteiger partial charge is 0.257 e. The molecule has 1 unspecified atom stereocenters. The fourth-order valence-electron chi connectivity index (χ4n) is 3.67. The Hall–Kier alpha value is -1.12. The van der Waals surface area contributed by atoms with Crippen LogP contribution in [0.25, 0.3) is 0 Å². The summed E-state index contributed by atoms with van der Waals surface area (Å²) in [6, 6.07) is 0. The van der Waals surface area contributed by atoms with Crippen molar-refractivity contribution in [1.29, 1.82) is 0 Å². The first-order valence-electron chi connectivity index (χ1n) is 9.15. The fourth-order valence-corrected chi connectivity index (χ4v) is 3.67. The summed E-state index contributed by atoms with van der Waals surface area (Å²) in [5.74, 6) is 0.832. The van der Waals surface area contributed by atoms with Gasteiger partial charge in [-0.05, 0) is 43.9 Å². The van der Waals surface area contributed by atoms with Crippen molar-refractivity contribution in [1.82, 2.24) is 4.90 Å². The number of imide groups is 1. The summed E-state index contributed by atoms with van der Waals surface area (Å²) in [6.07, 6.45) is 9.67. The highest BCUT2D eigenvalue weighted by molar-refractivity contribution is 6.19. The molecule has 3 heteroatoms. The number of carbonyl (C=O) groups excluding carboxylic acids is 2. The molecule has 124 valence electrons. The summed E-state index contributed by atoms with van der Waals surface area (Å²) >= 11 is 0. The van der Waals surface area contributed by atoms with Crippen LogP contribution in [0.3, 0.4) is 0 Å². The van der Waals surface area contributed by atoms with Crippen LogP contribution in [0.1, 0.15) is 78.6 Å². The van der Waals surface area contributed by atoms with E-state index in [1.807, 2.05) is 0 Å². The first-order valence-corrected chi connectivity index (χ1v) is 9.15. The molecule has 0 radical (unpaired) electrons. The van der Waals surface area contributed by atoms with Gasteiger partial charge in [0.05, 0.1) is 0 Å².